The SMILES string of the molecule is N#CCC1C=C(F)CNC1. The van der Waals surface area contributed by atoms with Crippen molar-refractivity contribution in [1.29, 1.82) is 5.26 Å². The minimum atomic E-state index is -0.147. The predicted molar refractivity (Wildman–Crippen MR) is 35.8 cm³/mol. The van der Waals surface area contributed by atoms with Gasteiger partial charge < -0.3 is 5.32 Å². The Bertz CT molecular complexity index is 181. The van der Waals surface area contributed by atoms with E-state index in [9.17, 15) is 4.39 Å². The fourth-order valence-electron chi connectivity index (χ4n) is 0.999. The predicted octanol–water partition coefficient (Wildman–Crippen LogP) is 0.973. The van der Waals surface area contributed by atoms with Crippen LogP contribution >= 0.6 is 0 Å². The summed E-state index contributed by atoms with van der Waals surface area (Å²) in [7, 11) is 0. The first kappa shape index (κ1) is 7.23. The molecule has 1 rings (SSSR count). The van der Waals surface area contributed by atoms with Crippen LogP contribution in [0.1, 0.15) is 6.42 Å². The van der Waals surface area contributed by atoms with Crippen LogP contribution in [0.2, 0.25) is 0 Å². The third kappa shape index (κ3) is 1.82. The number of nitrogens with one attached hydrogen (secondary N) is 1. The molecule has 0 aromatic heterocycles. The molecule has 54 valence electrons. The highest BCUT2D eigenvalue weighted by atomic mass is 19.1. The summed E-state index contributed by atoms with van der Waals surface area (Å²) in [6.07, 6.45) is 1.93. The monoisotopic (exact) mass is 140 g/mol. The summed E-state index contributed by atoms with van der Waals surface area (Å²) in [5, 5.41) is 11.2. The molecule has 0 amide bonds. The van der Waals surface area contributed by atoms with Crippen molar-refractivity contribution in [3.05, 3.63) is 11.9 Å². The van der Waals surface area contributed by atoms with Crippen molar-refractivity contribution >= 4 is 0 Å². The molecule has 0 saturated carbocycles. The van der Waals surface area contributed by atoms with Gasteiger partial charge in [-0.1, -0.05) is 0 Å². The molecule has 1 aliphatic heterocycles. The van der Waals surface area contributed by atoms with E-state index in [0.717, 1.165) is 6.54 Å². The fourth-order valence-corrected chi connectivity index (χ4v) is 0.999. The lowest BCUT2D eigenvalue weighted by Gasteiger charge is -2.15. The summed E-state index contributed by atoms with van der Waals surface area (Å²) in [6, 6.07) is 2.01. The van der Waals surface area contributed by atoms with Gasteiger partial charge in [0.15, 0.2) is 0 Å². The van der Waals surface area contributed by atoms with Gasteiger partial charge in [-0.2, -0.15) is 5.26 Å². The van der Waals surface area contributed by atoms with E-state index >= 15 is 0 Å². The Kier molecular flexibility index (Phi) is 2.41. The van der Waals surface area contributed by atoms with Gasteiger partial charge in [0.2, 0.25) is 0 Å². The maximum Gasteiger partial charge on any atom is 0.110 e. The van der Waals surface area contributed by atoms with Gasteiger partial charge in [-0.3, -0.25) is 0 Å². The van der Waals surface area contributed by atoms with E-state index in [1.807, 2.05) is 6.07 Å². The van der Waals surface area contributed by atoms with Crippen LogP contribution in [-0.4, -0.2) is 13.1 Å². The second-order valence-electron chi connectivity index (χ2n) is 2.37. The number of hydrogen-bond donors (Lipinski definition) is 1. The molecule has 1 N–H and O–H groups in total. The maximum atomic E-state index is 12.4. The first-order chi connectivity index (χ1) is 4.83. The second kappa shape index (κ2) is 3.33. The second-order valence-corrected chi connectivity index (χ2v) is 2.37. The molecule has 0 aromatic carbocycles. The van der Waals surface area contributed by atoms with E-state index in [-0.39, 0.29) is 11.7 Å². The minimum absolute atomic E-state index is 0.0683. The lowest BCUT2D eigenvalue weighted by Crippen LogP contribution is -2.27. The Balaban J connectivity index is 2.47. The first-order valence-corrected chi connectivity index (χ1v) is 3.27. The van der Waals surface area contributed by atoms with E-state index in [2.05, 4.69) is 5.32 Å². The van der Waals surface area contributed by atoms with Crippen LogP contribution in [0.3, 0.4) is 0 Å². The Hall–Kier alpha value is -0.880. The smallest absolute Gasteiger partial charge is 0.110 e. The molecule has 0 radical (unpaired) electrons. The molecule has 0 saturated heterocycles. The van der Waals surface area contributed by atoms with Crippen LogP contribution in [0.25, 0.3) is 0 Å². The van der Waals surface area contributed by atoms with E-state index < -0.39 is 0 Å². The summed E-state index contributed by atoms with van der Waals surface area (Å²) in [4.78, 5) is 0. The summed E-state index contributed by atoms with van der Waals surface area (Å²) in [6.45, 7) is 1.04. The summed E-state index contributed by atoms with van der Waals surface area (Å²) >= 11 is 0. The topological polar surface area (TPSA) is 35.8 Å². The molecular weight excluding hydrogens is 131 g/mol. The highest BCUT2D eigenvalue weighted by molar-refractivity contribution is 5.04. The Morgan fingerprint density at radius 1 is 1.90 bits per heavy atom. The van der Waals surface area contributed by atoms with Crippen LogP contribution in [0.5, 0.6) is 0 Å². The highest BCUT2D eigenvalue weighted by Crippen LogP contribution is 2.11. The Labute approximate surface area is 59.3 Å². The van der Waals surface area contributed by atoms with Crippen LogP contribution in [0, 0.1) is 17.2 Å². The van der Waals surface area contributed by atoms with Gasteiger partial charge >= 0.3 is 0 Å². The average Bonchev–Trinajstić information content (AvgIpc) is 1.88. The first-order valence-electron chi connectivity index (χ1n) is 3.27. The number of halogens is 1. The van der Waals surface area contributed by atoms with E-state index in [1.54, 1.807) is 0 Å². The molecule has 1 aliphatic rings. The van der Waals surface area contributed by atoms with Gasteiger partial charge in [-0.25, -0.2) is 4.39 Å². The van der Waals surface area contributed by atoms with Gasteiger partial charge in [-0.05, 0) is 6.08 Å². The zero-order valence-electron chi connectivity index (χ0n) is 5.60. The fraction of sp³-hybridized carbons (Fsp3) is 0.571. The van der Waals surface area contributed by atoms with Crippen molar-refractivity contribution in [1.82, 2.24) is 5.32 Å². The van der Waals surface area contributed by atoms with Crippen LogP contribution in [0.4, 0.5) is 4.39 Å². The van der Waals surface area contributed by atoms with E-state index in [1.165, 1.54) is 6.08 Å². The molecule has 0 aliphatic carbocycles. The van der Waals surface area contributed by atoms with Crippen molar-refractivity contribution in [2.45, 2.75) is 6.42 Å². The lowest BCUT2D eigenvalue weighted by molar-refractivity contribution is 0.479. The Morgan fingerprint density at radius 2 is 2.70 bits per heavy atom. The van der Waals surface area contributed by atoms with Crippen LogP contribution in [-0.2, 0) is 0 Å². The highest BCUT2D eigenvalue weighted by Gasteiger charge is 2.11. The maximum absolute atomic E-state index is 12.4. The molecule has 0 bridgehead atoms. The average molecular weight is 140 g/mol. The van der Waals surface area contributed by atoms with Gasteiger partial charge in [0.05, 0.1) is 6.07 Å². The molecule has 1 unspecified atom stereocenters. The number of hydrogen-bond acceptors (Lipinski definition) is 2. The van der Waals surface area contributed by atoms with Crippen molar-refractivity contribution in [3.63, 3.8) is 0 Å². The zero-order valence-corrected chi connectivity index (χ0v) is 5.60. The number of nitrogens with zero attached hydrogens (tertiary/aromatic N) is 1. The molecule has 10 heavy (non-hydrogen) atoms. The quantitative estimate of drug-likeness (QED) is 0.589. The van der Waals surface area contributed by atoms with Crippen LogP contribution in [0.15, 0.2) is 11.9 Å². The van der Waals surface area contributed by atoms with Crippen molar-refractivity contribution in [2.75, 3.05) is 13.1 Å². The van der Waals surface area contributed by atoms with Gasteiger partial charge in [0, 0.05) is 25.4 Å². The number of rotatable bonds is 1. The van der Waals surface area contributed by atoms with Crippen molar-refractivity contribution in [2.24, 2.45) is 5.92 Å². The molecule has 2 nitrogen and oxygen atoms in total. The summed E-state index contributed by atoms with van der Waals surface area (Å²) in [5.41, 5.74) is 0. The normalized spacial score (nSPS) is 25.2. The van der Waals surface area contributed by atoms with Crippen molar-refractivity contribution < 1.29 is 4.39 Å². The molecule has 1 heterocycles. The van der Waals surface area contributed by atoms with E-state index in [0.29, 0.717) is 13.0 Å². The summed E-state index contributed by atoms with van der Waals surface area (Å²) in [5.74, 6) is -0.0785. The largest absolute Gasteiger partial charge is 0.310 e. The Morgan fingerprint density at radius 3 is 3.30 bits per heavy atom. The molecular formula is C7H9FN2. The van der Waals surface area contributed by atoms with Gasteiger partial charge in [0.1, 0.15) is 5.83 Å². The summed E-state index contributed by atoms with van der Waals surface area (Å²) < 4.78 is 12.4. The van der Waals surface area contributed by atoms with E-state index in [4.69, 9.17) is 5.26 Å². The molecule has 1 atom stereocenters. The van der Waals surface area contributed by atoms with Gasteiger partial charge in [0.25, 0.3) is 0 Å². The molecule has 0 fully saturated rings. The molecule has 0 spiro atoms. The van der Waals surface area contributed by atoms with Gasteiger partial charge in [-0.15, -0.1) is 0 Å². The zero-order chi connectivity index (χ0) is 7.40. The molecule has 3 heteroatoms. The lowest BCUT2D eigenvalue weighted by atomic mass is 10.0. The third-order valence-electron chi connectivity index (χ3n) is 1.47. The third-order valence-corrected chi connectivity index (χ3v) is 1.47. The number of nitriles is 1. The molecule has 0 aromatic rings. The van der Waals surface area contributed by atoms with Crippen molar-refractivity contribution in [3.8, 4) is 6.07 Å². The minimum Gasteiger partial charge on any atom is -0.310 e. The van der Waals surface area contributed by atoms with Crippen LogP contribution < -0.4 is 5.32 Å². The standard InChI is InChI=1S/C7H9FN2/c8-7-3-6(1-2-9)4-10-5-7/h3,6,10H,1,4-5H2.